The Morgan fingerprint density at radius 2 is 2.20 bits per heavy atom. The molecule has 4 nitrogen and oxygen atoms in total. The summed E-state index contributed by atoms with van der Waals surface area (Å²) in [5.74, 6) is -0.868. The van der Waals surface area contributed by atoms with Gasteiger partial charge in [-0.15, -0.1) is 0 Å². The molecule has 4 heteroatoms. The van der Waals surface area contributed by atoms with Gasteiger partial charge in [-0.05, 0) is 6.42 Å². The molecule has 0 aliphatic carbocycles. The maximum Gasteiger partial charge on any atom is 0.314 e. The number of rotatable bonds is 3. The van der Waals surface area contributed by atoms with E-state index in [0.29, 0.717) is 6.42 Å². The monoisotopic (exact) mass is 146 g/mol. The van der Waals surface area contributed by atoms with Gasteiger partial charge in [0.15, 0.2) is 0 Å². The molecule has 0 radical (unpaired) electrons. The van der Waals surface area contributed by atoms with Crippen LogP contribution in [-0.4, -0.2) is 36.0 Å². The van der Waals surface area contributed by atoms with E-state index in [2.05, 4.69) is 0 Å². The highest BCUT2D eigenvalue weighted by atomic mass is 16.5. The quantitative estimate of drug-likeness (QED) is 0.561. The smallest absolute Gasteiger partial charge is 0.314 e. The second-order valence-electron chi connectivity index (χ2n) is 2.55. The number of ether oxygens (including phenoxy) is 1. The van der Waals surface area contributed by atoms with E-state index in [1.807, 2.05) is 0 Å². The number of aliphatic hydroxyl groups is 1. The Kier molecular flexibility index (Phi) is 1.92. The van der Waals surface area contributed by atoms with Gasteiger partial charge >= 0.3 is 5.97 Å². The van der Waals surface area contributed by atoms with Crippen molar-refractivity contribution in [3.8, 4) is 0 Å². The normalized spacial score (nSPS) is 21.7. The Labute approximate surface area is 58.4 Å². The highest BCUT2D eigenvalue weighted by molar-refractivity contribution is 5.75. The molecule has 0 aromatic heterocycles. The van der Waals surface area contributed by atoms with Gasteiger partial charge in [0.2, 0.25) is 0 Å². The molecule has 1 rings (SSSR count). The number of aliphatic carboxylic acids is 1. The summed E-state index contributed by atoms with van der Waals surface area (Å²) in [6, 6.07) is 0. The zero-order chi connectivity index (χ0) is 7.61. The van der Waals surface area contributed by atoms with E-state index in [1.54, 1.807) is 0 Å². The van der Waals surface area contributed by atoms with Crippen LogP contribution in [0.1, 0.15) is 6.42 Å². The molecule has 0 aromatic carbocycles. The summed E-state index contributed by atoms with van der Waals surface area (Å²) in [5.41, 5.74) is -0.783. The van der Waals surface area contributed by atoms with E-state index in [0.717, 1.165) is 0 Å². The topological polar surface area (TPSA) is 66.8 Å². The van der Waals surface area contributed by atoms with E-state index < -0.39 is 11.4 Å². The first-order valence-corrected chi connectivity index (χ1v) is 3.13. The SMILES string of the molecule is O=C(O)C1(CCO)COC1. The first-order chi connectivity index (χ1) is 4.71. The summed E-state index contributed by atoms with van der Waals surface area (Å²) < 4.78 is 4.76. The zero-order valence-corrected chi connectivity index (χ0v) is 5.54. The van der Waals surface area contributed by atoms with Crippen molar-refractivity contribution < 1.29 is 19.7 Å². The maximum atomic E-state index is 10.5. The molecule has 0 aromatic rings. The molecule has 1 aliphatic rings. The fourth-order valence-corrected chi connectivity index (χ4v) is 0.937. The van der Waals surface area contributed by atoms with Crippen LogP contribution in [0.3, 0.4) is 0 Å². The van der Waals surface area contributed by atoms with Gasteiger partial charge in [-0.25, -0.2) is 0 Å². The molecular weight excluding hydrogens is 136 g/mol. The molecule has 0 atom stereocenters. The Balaban J connectivity index is 2.50. The van der Waals surface area contributed by atoms with E-state index >= 15 is 0 Å². The number of carbonyl (C=O) groups is 1. The maximum absolute atomic E-state index is 10.5. The van der Waals surface area contributed by atoms with Crippen LogP contribution in [0.15, 0.2) is 0 Å². The standard InChI is InChI=1S/C6H10O4/c7-2-1-6(5(8)9)3-10-4-6/h7H,1-4H2,(H,8,9). The number of hydrogen-bond acceptors (Lipinski definition) is 3. The lowest BCUT2D eigenvalue weighted by Gasteiger charge is -2.36. The van der Waals surface area contributed by atoms with Crippen molar-refractivity contribution in [2.45, 2.75) is 6.42 Å². The van der Waals surface area contributed by atoms with Gasteiger partial charge in [0.25, 0.3) is 0 Å². The van der Waals surface area contributed by atoms with Crippen LogP contribution in [0.5, 0.6) is 0 Å². The van der Waals surface area contributed by atoms with E-state index in [1.165, 1.54) is 0 Å². The molecular formula is C6H10O4. The van der Waals surface area contributed by atoms with Crippen LogP contribution >= 0.6 is 0 Å². The predicted molar refractivity (Wildman–Crippen MR) is 32.6 cm³/mol. The number of carboxylic acids is 1. The van der Waals surface area contributed by atoms with E-state index in [9.17, 15) is 4.79 Å². The molecule has 1 saturated heterocycles. The molecule has 10 heavy (non-hydrogen) atoms. The second-order valence-corrected chi connectivity index (χ2v) is 2.55. The molecule has 0 unspecified atom stereocenters. The Morgan fingerprint density at radius 3 is 2.30 bits per heavy atom. The van der Waals surface area contributed by atoms with Crippen molar-refractivity contribution in [3.63, 3.8) is 0 Å². The second kappa shape index (κ2) is 2.56. The third kappa shape index (κ3) is 0.998. The lowest BCUT2D eigenvalue weighted by atomic mass is 9.83. The van der Waals surface area contributed by atoms with Crippen LogP contribution in [0.25, 0.3) is 0 Å². The number of hydrogen-bond donors (Lipinski definition) is 2. The van der Waals surface area contributed by atoms with Crippen molar-refractivity contribution >= 4 is 5.97 Å². The highest BCUT2D eigenvalue weighted by Gasteiger charge is 2.45. The largest absolute Gasteiger partial charge is 0.481 e. The molecule has 2 N–H and O–H groups in total. The Hall–Kier alpha value is -0.610. The van der Waals surface area contributed by atoms with Crippen LogP contribution < -0.4 is 0 Å². The molecule has 1 aliphatic heterocycles. The highest BCUT2D eigenvalue weighted by Crippen LogP contribution is 2.31. The van der Waals surface area contributed by atoms with Crippen molar-refractivity contribution in [2.75, 3.05) is 19.8 Å². The molecule has 1 heterocycles. The van der Waals surface area contributed by atoms with E-state index in [4.69, 9.17) is 14.9 Å². The van der Waals surface area contributed by atoms with Crippen molar-refractivity contribution in [1.29, 1.82) is 0 Å². The zero-order valence-electron chi connectivity index (χ0n) is 5.54. The minimum atomic E-state index is -0.868. The molecule has 0 bridgehead atoms. The minimum Gasteiger partial charge on any atom is -0.481 e. The number of carboxylic acid groups (broad SMARTS) is 1. The Bertz CT molecular complexity index is 139. The van der Waals surface area contributed by atoms with Crippen LogP contribution in [0.4, 0.5) is 0 Å². The van der Waals surface area contributed by atoms with Crippen molar-refractivity contribution in [2.24, 2.45) is 5.41 Å². The average molecular weight is 146 g/mol. The fourth-order valence-electron chi connectivity index (χ4n) is 0.937. The van der Waals surface area contributed by atoms with E-state index in [-0.39, 0.29) is 19.8 Å². The average Bonchev–Trinajstić information content (AvgIpc) is 1.77. The van der Waals surface area contributed by atoms with Gasteiger partial charge in [0.05, 0.1) is 13.2 Å². The minimum absolute atomic E-state index is 0.0876. The van der Waals surface area contributed by atoms with Crippen molar-refractivity contribution in [3.05, 3.63) is 0 Å². The van der Waals surface area contributed by atoms with Gasteiger partial charge < -0.3 is 14.9 Å². The van der Waals surface area contributed by atoms with Crippen LogP contribution in [0, 0.1) is 5.41 Å². The number of aliphatic hydroxyl groups excluding tert-OH is 1. The van der Waals surface area contributed by atoms with Gasteiger partial charge in [0.1, 0.15) is 5.41 Å². The summed E-state index contributed by atoms with van der Waals surface area (Å²) in [6.45, 7) is 0.390. The summed E-state index contributed by atoms with van der Waals surface area (Å²) in [5, 5.41) is 17.1. The Morgan fingerprint density at radius 1 is 1.60 bits per heavy atom. The molecule has 58 valence electrons. The van der Waals surface area contributed by atoms with Gasteiger partial charge in [-0.2, -0.15) is 0 Å². The summed E-state index contributed by atoms with van der Waals surface area (Å²) in [6.07, 6.45) is 0.294. The van der Waals surface area contributed by atoms with Gasteiger partial charge in [-0.3, -0.25) is 4.79 Å². The van der Waals surface area contributed by atoms with Gasteiger partial charge in [-0.1, -0.05) is 0 Å². The summed E-state index contributed by atoms with van der Waals surface area (Å²) in [4.78, 5) is 10.5. The lowest BCUT2D eigenvalue weighted by Crippen LogP contribution is -2.49. The molecule has 0 spiro atoms. The summed E-state index contributed by atoms with van der Waals surface area (Å²) in [7, 11) is 0. The lowest BCUT2D eigenvalue weighted by molar-refractivity contribution is -0.182. The van der Waals surface area contributed by atoms with Crippen LogP contribution in [0.2, 0.25) is 0 Å². The fraction of sp³-hybridized carbons (Fsp3) is 0.833. The third-order valence-corrected chi connectivity index (χ3v) is 1.80. The molecule has 0 amide bonds. The summed E-state index contributed by atoms with van der Waals surface area (Å²) >= 11 is 0. The third-order valence-electron chi connectivity index (χ3n) is 1.80. The van der Waals surface area contributed by atoms with Crippen LogP contribution in [-0.2, 0) is 9.53 Å². The van der Waals surface area contributed by atoms with Crippen molar-refractivity contribution in [1.82, 2.24) is 0 Å². The van der Waals surface area contributed by atoms with Gasteiger partial charge in [0, 0.05) is 6.61 Å². The molecule has 0 saturated carbocycles. The predicted octanol–water partition coefficient (Wildman–Crippen LogP) is -0.530. The first-order valence-electron chi connectivity index (χ1n) is 3.13. The molecule has 1 fully saturated rings. The first kappa shape index (κ1) is 7.50.